The monoisotopic (exact) mass is 597 g/mol. The molecule has 2 amide bonds. The molecule has 3 atom stereocenters. The first-order valence-electron chi connectivity index (χ1n) is 13.1. The number of sulfonamides is 1. The predicted octanol–water partition coefficient (Wildman–Crippen LogP) is 4.98. The Morgan fingerprint density at radius 3 is 2.29 bits per heavy atom. The highest BCUT2D eigenvalue weighted by atomic mass is 35.5. The number of nitrogens with zero attached hydrogens (tertiary/aromatic N) is 1. The van der Waals surface area contributed by atoms with Crippen LogP contribution in [0.4, 0.5) is 11.4 Å². The van der Waals surface area contributed by atoms with E-state index in [2.05, 4.69) is 5.32 Å². The Hall–Kier alpha value is -3.89. The molecule has 0 bridgehead atoms. The molecule has 0 saturated carbocycles. The Balaban J connectivity index is 1.55. The van der Waals surface area contributed by atoms with Crippen molar-refractivity contribution in [2.45, 2.75) is 38.8 Å². The zero-order valence-corrected chi connectivity index (χ0v) is 24.5. The highest BCUT2D eigenvalue weighted by Gasteiger charge is 2.44. The maximum Gasteiger partial charge on any atom is 0.233 e. The second-order valence-electron chi connectivity index (χ2n) is 9.99. The molecular weight excluding hydrogens is 566 g/mol. The van der Waals surface area contributed by atoms with Gasteiger partial charge >= 0.3 is 0 Å². The van der Waals surface area contributed by atoms with Crippen LogP contribution in [0.25, 0.3) is 0 Å². The van der Waals surface area contributed by atoms with Crippen molar-refractivity contribution in [1.29, 1.82) is 0 Å². The Kier molecular flexibility index (Phi) is 9.35. The summed E-state index contributed by atoms with van der Waals surface area (Å²) in [5.41, 5.74) is 2.81. The molecule has 11 heteroatoms. The van der Waals surface area contributed by atoms with E-state index in [1.807, 2.05) is 35.9 Å². The molecule has 1 aliphatic heterocycles. The van der Waals surface area contributed by atoms with Gasteiger partial charge in [-0.25, -0.2) is 8.42 Å². The molecule has 0 fully saturated rings. The fraction of sp³-hybridized carbons (Fsp3) is 0.300. The summed E-state index contributed by atoms with van der Waals surface area (Å²) in [6.07, 6.45) is 1.24. The van der Waals surface area contributed by atoms with Gasteiger partial charge in [-0.05, 0) is 73.5 Å². The second kappa shape index (κ2) is 12.7. The number of para-hydroxylation sites is 1. The lowest BCUT2D eigenvalue weighted by atomic mass is 9.77. The van der Waals surface area contributed by atoms with Crippen LogP contribution >= 0.6 is 11.6 Å². The average Bonchev–Trinajstić information content (AvgIpc) is 2.91. The largest absolute Gasteiger partial charge is 0.494 e. The molecule has 0 radical (unpaired) electrons. The van der Waals surface area contributed by atoms with E-state index >= 15 is 0 Å². The van der Waals surface area contributed by atoms with Gasteiger partial charge in [0.2, 0.25) is 21.8 Å². The zero-order valence-electron chi connectivity index (χ0n) is 23.0. The number of nitrogens with one attached hydrogen (secondary N) is 2. The van der Waals surface area contributed by atoms with Gasteiger partial charge in [-0.2, -0.15) is 0 Å². The van der Waals surface area contributed by atoms with Crippen LogP contribution in [-0.4, -0.2) is 44.9 Å². The summed E-state index contributed by atoms with van der Waals surface area (Å²) in [7, 11) is -3.59. The standard InChI is InChI=1S/C30H32ClN3O6S/c1-19-28(30(37)21-10-16-24(17-11-21)40-18-6-9-27(36)33-41(3,38)39)29(25-7-4-5-8-26(25)32-19)34(20(2)35)23-14-12-22(31)13-15-23/h4-5,7-8,10-17,19,28-29,32H,6,9,18H2,1-3H3,(H,33,36)/t19-,28?,29-/m0/s1. The first-order chi connectivity index (χ1) is 19.4. The van der Waals surface area contributed by atoms with Crippen molar-refractivity contribution in [2.24, 2.45) is 5.92 Å². The van der Waals surface area contributed by atoms with Crippen LogP contribution in [-0.2, 0) is 19.6 Å². The second-order valence-corrected chi connectivity index (χ2v) is 12.2. The minimum atomic E-state index is -3.59. The normalized spacial score (nSPS) is 18.0. The molecule has 4 rings (SSSR count). The smallest absolute Gasteiger partial charge is 0.233 e. The van der Waals surface area contributed by atoms with E-state index < -0.39 is 27.9 Å². The Morgan fingerprint density at radius 2 is 1.66 bits per heavy atom. The van der Waals surface area contributed by atoms with Gasteiger partial charge in [0, 0.05) is 41.3 Å². The number of Topliss-reactive ketones (excluding diaryl/α,β-unsaturated/α-hetero) is 1. The third-order valence-electron chi connectivity index (χ3n) is 6.82. The highest BCUT2D eigenvalue weighted by Crippen LogP contribution is 2.44. The number of fused-ring (bicyclic) bond motifs is 1. The SMILES string of the molecule is CC(=O)N(c1ccc(Cl)cc1)[C@H]1c2ccccc2N[C@@H](C)C1C(=O)c1ccc(OCCCC(=O)NS(C)(=O)=O)cc1. The summed E-state index contributed by atoms with van der Waals surface area (Å²) >= 11 is 6.12. The summed E-state index contributed by atoms with van der Waals surface area (Å²) in [6, 6.07) is 20.5. The van der Waals surface area contributed by atoms with Crippen LogP contribution in [0.15, 0.2) is 72.8 Å². The molecular formula is C30H32ClN3O6S. The number of rotatable bonds is 10. The van der Waals surface area contributed by atoms with E-state index in [1.165, 1.54) is 6.92 Å². The number of hydrogen-bond donors (Lipinski definition) is 2. The molecule has 0 saturated heterocycles. The van der Waals surface area contributed by atoms with Gasteiger partial charge in [0.05, 0.1) is 24.8 Å². The Labute approximate surface area is 244 Å². The van der Waals surface area contributed by atoms with Crippen molar-refractivity contribution in [1.82, 2.24) is 4.72 Å². The molecule has 1 aliphatic rings. The molecule has 3 aromatic carbocycles. The maximum atomic E-state index is 14.1. The van der Waals surface area contributed by atoms with Gasteiger partial charge in [0.1, 0.15) is 5.75 Å². The fourth-order valence-corrected chi connectivity index (χ4v) is 5.73. The van der Waals surface area contributed by atoms with E-state index in [9.17, 15) is 22.8 Å². The summed E-state index contributed by atoms with van der Waals surface area (Å²) in [4.78, 5) is 40.5. The van der Waals surface area contributed by atoms with Crippen molar-refractivity contribution in [3.63, 3.8) is 0 Å². The van der Waals surface area contributed by atoms with Gasteiger partial charge in [-0.1, -0.05) is 29.8 Å². The summed E-state index contributed by atoms with van der Waals surface area (Å²) in [5.74, 6) is -1.03. The lowest BCUT2D eigenvalue weighted by Crippen LogP contribution is -2.49. The van der Waals surface area contributed by atoms with E-state index in [4.69, 9.17) is 16.3 Å². The number of carbonyl (C=O) groups is 3. The van der Waals surface area contributed by atoms with Crippen LogP contribution in [0.1, 0.15) is 48.7 Å². The first-order valence-corrected chi connectivity index (χ1v) is 15.4. The summed E-state index contributed by atoms with van der Waals surface area (Å²) in [5, 5.41) is 3.98. The molecule has 0 aliphatic carbocycles. The fourth-order valence-electron chi connectivity index (χ4n) is 5.09. The zero-order chi connectivity index (χ0) is 29.7. The molecule has 1 heterocycles. The van der Waals surface area contributed by atoms with Crippen LogP contribution < -0.4 is 19.7 Å². The molecule has 216 valence electrons. The molecule has 0 aromatic heterocycles. The molecule has 41 heavy (non-hydrogen) atoms. The van der Waals surface area contributed by atoms with Crippen LogP contribution in [0.5, 0.6) is 5.75 Å². The van der Waals surface area contributed by atoms with Gasteiger partial charge in [0.15, 0.2) is 5.78 Å². The molecule has 2 N–H and O–H groups in total. The summed E-state index contributed by atoms with van der Waals surface area (Å²) < 4.78 is 29.9. The predicted molar refractivity (Wildman–Crippen MR) is 159 cm³/mol. The Morgan fingerprint density at radius 1 is 1.00 bits per heavy atom. The third-order valence-corrected chi connectivity index (χ3v) is 7.67. The number of carbonyl (C=O) groups excluding carboxylic acids is 3. The topological polar surface area (TPSA) is 122 Å². The third kappa shape index (κ3) is 7.45. The molecule has 3 aromatic rings. The maximum absolute atomic E-state index is 14.1. The number of halogens is 1. The molecule has 9 nitrogen and oxygen atoms in total. The number of amides is 2. The van der Waals surface area contributed by atoms with Gasteiger partial charge < -0.3 is 15.0 Å². The van der Waals surface area contributed by atoms with E-state index in [0.29, 0.717) is 28.4 Å². The van der Waals surface area contributed by atoms with Gasteiger partial charge in [0.25, 0.3) is 0 Å². The van der Waals surface area contributed by atoms with E-state index in [0.717, 1.165) is 17.5 Å². The molecule has 1 unspecified atom stereocenters. The van der Waals surface area contributed by atoms with Crippen molar-refractivity contribution in [3.05, 3.63) is 88.9 Å². The first kappa shape index (κ1) is 30.1. The van der Waals surface area contributed by atoms with Crippen LogP contribution in [0, 0.1) is 5.92 Å². The van der Waals surface area contributed by atoms with Crippen LogP contribution in [0.3, 0.4) is 0 Å². The number of hydrogen-bond acceptors (Lipinski definition) is 7. The van der Waals surface area contributed by atoms with Crippen molar-refractivity contribution < 1.29 is 27.5 Å². The van der Waals surface area contributed by atoms with Crippen molar-refractivity contribution in [3.8, 4) is 5.75 Å². The minimum absolute atomic E-state index is 0.000656. The van der Waals surface area contributed by atoms with Crippen LogP contribution in [0.2, 0.25) is 5.02 Å². The quantitative estimate of drug-likeness (QED) is 0.250. The number of ketones is 1. The Bertz CT molecular complexity index is 1530. The van der Waals surface area contributed by atoms with Crippen molar-refractivity contribution in [2.75, 3.05) is 23.1 Å². The number of ether oxygens (including phenoxy) is 1. The van der Waals surface area contributed by atoms with Crippen molar-refractivity contribution >= 4 is 50.6 Å². The van der Waals surface area contributed by atoms with E-state index in [-0.39, 0.29) is 30.8 Å². The average molecular weight is 598 g/mol. The minimum Gasteiger partial charge on any atom is -0.494 e. The number of benzene rings is 3. The van der Waals surface area contributed by atoms with E-state index in [1.54, 1.807) is 53.4 Å². The van der Waals surface area contributed by atoms with Gasteiger partial charge in [-0.3, -0.25) is 19.1 Å². The summed E-state index contributed by atoms with van der Waals surface area (Å²) in [6.45, 7) is 3.62. The van der Waals surface area contributed by atoms with Gasteiger partial charge in [-0.15, -0.1) is 0 Å². The lowest BCUT2D eigenvalue weighted by Gasteiger charge is -2.43. The number of anilines is 2. The molecule has 0 spiro atoms. The highest BCUT2D eigenvalue weighted by molar-refractivity contribution is 7.89. The lowest BCUT2D eigenvalue weighted by molar-refractivity contribution is -0.119.